The Morgan fingerprint density at radius 3 is 2.47 bits per heavy atom. The van der Waals surface area contributed by atoms with Crippen LogP contribution in [0, 0.1) is 23.1 Å². The maximum atomic E-state index is 12.9. The van der Waals surface area contributed by atoms with E-state index in [1.807, 2.05) is 0 Å². The lowest BCUT2D eigenvalue weighted by molar-refractivity contribution is -0.165. The summed E-state index contributed by atoms with van der Waals surface area (Å²) in [6.45, 7) is -0.865. The van der Waals surface area contributed by atoms with Crippen molar-refractivity contribution < 1.29 is 22.3 Å². The van der Waals surface area contributed by atoms with Gasteiger partial charge in [0.25, 0.3) is 0 Å². The summed E-state index contributed by atoms with van der Waals surface area (Å²) in [6, 6.07) is 4.48. The van der Waals surface area contributed by atoms with Gasteiger partial charge in [-0.2, -0.15) is 18.4 Å². The van der Waals surface area contributed by atoms with Crippen molar-refractivity contribution in [3.63, 3.8) is 0 Å². The minimum atomic E-state index is -4.65. The van der Waals surface area contributed by atoms with Crippen LogP contribution in [-0.2, 0) is 0 Å². The van der Waals surface area contributed by atoms with Crippen molar-refractivity contribution in [2.45, 2.75) is 6.18 Å². The van der Waals surface area contributed by atoms with Gasteiger partial charge in [-0.05, 0) is 12.1 Å². The molecule has 92 valence electrons. The summed E-state index contributed by atoms with van der Waals surface area (Å²) in [5.41, 5.74) is 0. The van der Waals surface area contributed by atoms with Gasteiger partial charge in [0.05, 0.1) is 6.07 Å². The average molecular weight is 312 g/mol. The van der Waals surface area contributed by atoms with Crippen LogP contribution in [0.25, 0.3) is 0 Å². The fraction of sp³-hybridized carbons (Fsp3) is 0.300. The summed E-state index contributed by atoms with van der Waals surface area (Å²) in [7, 11) is 0. The van der Waals surface area contributed by atoms with Gasteiger partial charge in [0.15, 0.2) is 5.92 Å². The zero-order valence-electron chi connectivity index (χ0n) is 8.26. The number of ether oxygens (including phenoxy) is 1. The monoisotopic (exact) mass is 311 g/mol. The molecule has 0 bridgehead atoms. The van der Waals surface area contributed by atoms with Crippen LogP contribution in [0.15, 0.2) is 22.7 Å². The largest absolute Gasteiger partial charge is 0.492 e. The number of benzene rings is 1. The number of nitrogens with zero attached hydrogens (tertiary/aromatic N) is 1. The molecule has 0 aliphatic rings. The van der Waals surface area contributed by atoms with Gasteiger partial charge in [0, 0.05) is 10.5 Å². The van der Waals surface area contributed by atoms with E-state index in [1.165, 1.54) is 6.07 Å². The molecule has 0 fully saturated rings. The Morgan fingerprint density at radius 1 is 1.35 bits per heavy atom. The normalized spacial score (nSPS) is 12.9. The lowest BCUT2D eigenvalue weighted by Gasteiger charge is -2.14. The van der Waals surface area contributed by atoms with Crippen molar-refractivity contribution in [1.29, 1.82) is 5.26 Å². The van der Waals surface area contributed by atoms with Gasteiger partial charge < -0.3 is 4.74 Å². The van der Waals surface area contributed by atoms with Crippen LogP contribution in [0.4, 0.5) is 17.6 Å². The molecule has 0 spiro atoms. The fourth-order valence-corrected chi connectivity index (χ4v) is 1.44. The first-order valence-electron chi connectivity index (χ1n) is 4.38. The third-order valence-corrected chi connectivity index (χ3v) is 2.26. The molecule has 0 aliphatic heterocycles. The van der Waals surface area contributed by atoms with E-state index >= 15 is 0 Å². The molecule has 0 saturated heterocycles. The second-order valence-corrected chi connectivity index (χ2v) is 4.06. The third kappa shape index (κ3) is 4.23. The smallest absolute Gasteiger partial charge is 0.407 e. The van der Waals surface area contributed by atoms with Crippen LogP contribution in [0.3, 0.4) is 0 Å². The molecule has 0 amide bonds. The van der Waals surface area contributed by atoms with Crippen LogP contribution < -0.4 is 4.74 Å². The number of rotatable bonds is 3. The molecule has 0 radical (unpaired) electrons. The molecule has 0 heterocycles. The van der Waals surface area contributed by atoms with E-state index in [4.69, 9.17) is 10.00 Å². The quantitative estimate of drug-likeness (QED) is 0.798. The van der Waals surface area contributed by atoms with Crippen LogP contribution >= 0.6 is 15.9 Å². The molecule has 1 atom stereocenters. The van der Waals surface area contributed by atoms with Crippen molar-refractivity contribution in [2.75, 3.05) is 6.61 Å². The lowest BCUT2D eigenvalue weighted by atomic mass is 10.2. The predicted molar refractivity (Wildman–Crippen MR) is 54.8 cm³/mol. The lowest BCUT2D eigenvalue weighted by Crippen LogP contribution is -2.27. The van der Waals surface area contributed by atoms with Gasteiger partial charge in [-0.1, -0.05) is 15.9 Å². The van der Waals surface area contributed by atoms with Crippen LogP contribution in [0.2, 0.25) is 0 Å². The molecule has 0 aromatic heterocycles. The van der Waals surface area contributed by atoms with E-state index < -0.39 is 24.5 Å². The van der Waals surface area contributed by atoms with Crippen LogP contribution in [0.5, 0.6) is 5.75 Å². The van der Waals surface area contributed by atoms with Gasteiger partial charge in [0.2, 0.25) is 0 Å². The molecule has 7 heteroatoms. The highest BCUT2D eigenvalue weighted by atomic mass is 79.9. The molecule has 0 aliphatic carbocycles. The Morgan fingerprint density at radius 2 is 2.00 bits per heavy atom. The SMILES string of the molecule is N#CC(COc1cc(F)cc(Br)c1)C(F)(F)F. The second kappa shape index (κ2) is 5.36. The molecule has 1 unspecified atom stereocenters. The topological polar surface area (TPSA) is 33.0 Å². The van der Waals surface area contributed by atoms with E-state index in [9.17, 15) is 17.6 Å². The average Bonchev–Trinajstić information content (AvgIpc) is 2.14. The number of alkyl halides is 3. The van der Waals surface area contributed by atoms with Crippen molar-refractivity contribution in [3.05, 3.63) is 28.5 Å². The predicted octanol–water partition coefficient (Wildman–Crippen LogP) is 3.67. The minimum Gasteiger partial charge on any atom is -0.492 e. The summed E-state index contributed by atoms with van der Waals surface area (Å²) in [5, 5.41) is 8.32. The van der Waals surface area contributed by atoms with E-state index in [-0.39, 0.29) is 5.75 Å². The Balaban J connectivity index is 2.70. The number of halogens is 5. The summed E-state index contributed by atoms with van der Waals surface area (Å²) in [4.78, 5) is 0. The molecule has 1 aromatic rings. The van der Waals surface area contributed by atoms with Gasteiger partial charge >= 0.3 is 6.18 Å². The first kappa shape index (κ1) is 13.8. The second-order valence-electron chi connectivity index (χ2n) is 3.14. The highest BCUT2D eigenvalue weighted by Gasteiger charge is 2.40. The highest BCUT2D eigenvalue weighted by molar-refractivity contribution is 9.10. The van der Waals surface area contributed by atoms with Gasteiger partial charge in [-0.25, -0.2) is 4.39 Å². The van der Waals surface area contributed by atoms with E-state index in [0.29, 0.717) is 4.47 Å². The highest BCUT2D eigenvalue weighted by Crippen LogP contribution is 2.27. The van der Waals surface area contributed by atoms with Crippen molar-refractivity contribution in [3.8, 4) is 11.8 Å². The van der Waals surface area contributed by atoms with Crippen LogP contribution in [0.1, 0.15) is 0 Å². The van der Waals surface area contributed by atoms with Crippen molar-refractivity contribution >= 4 is 15.9 Å². The van der Waals surface area contributed by atoms with Gasteiger partial charge in [-0.3, -0.25) is 0 Å². The zero-order chi connectivity index (χ0) is 13.1. The number of hydrogen-bond donors (Lipinski definition) is 0. The van der Waals surface area contributed by atoms with Crippen molar-refractivity contribution in [1.82, 2.24) is 0 Å². The maximum Gasteiger partial charge on any atom is 0.407 e. The first-order chi connectivity index (χ1) is 7.82. The summed E-state index contributed by atoms with van der Waals surface area (Å²) < 4.78 is 54.5. The molecule has 0 saturated carbocycles. The number of hydrogen-bond acceptors (Lipinski definition) is 2. The Labute approximate surface area is 103 Å². The van der Waals surface area contributed by atoms with E-state index in [1.54, 1.807) is 0 Å². The van der Waals surface area contributed by atoms with E-state index in [0.717, 1.165) is 18.2 Å². The van der Waals surface area contributed by atoms with Crippen molar-refractivity contribution in [2.24, 2.45) is 5.92 Å². The minimum absolute atomic E-state index is 0.0682. The van der Waals surface area contributed by atoms with Gasteiger partial charge in [0.1, 0.15) is 18.2 Å². The third-order valence-electron chi connectivity index (χ3n) is 1.80. The van der Waals surface area contributed by atoms with E-state index in [2.05, 4.69) is 15.9 Å². The summed E-state index contributed by atoms with van der Waals surface area (Å²) >= 11 is 2.97. The Hall–Kier alpha value is -1.29. The Bertz CT molecular complexity index is 421. The maximum absolute atomic E-state index is 12.9. The molecule has 0 N–H and O–H groups in total. The Kier molecular flexibility index (Phi) is 4.34. The first-order valence-corrected chi connectivity index (χ1v) is 5.17. The molecule has 1 rings (SSSR count). The summed E-state index contributed by atoms with van der Waals surface area (Å²) in [6.07, 6.45) is -4.65. The van der Waals surface area contributed by atoms with Gasteiger partial charge in [-0.15, -0.1) is 0 Å². The molecular formula is C10H6BrF4NO. The standard InChI is InChI=1S/C10H6BrF4NO/c11-7-1-8(12)3-9(2-7)17-5-6(4-16)10(13,14)15/h1-3,6H,5H2. The zero-order valence-corrected chi connectivity index (χ0v) is 9.85. The fourth-order valence-electron chi connectivity index (χ4n) is 0.996. The molecule has 1 aromatic carbocycles. The molecule has 2 nitrogen and oxygen atoms in total. The molecule has 17 heavy (non-hydrogen) atoms. The van der Waals surface area contributed by atoms with Crippen LogP contribution in [-0.4, -0.2) is 12.8 Å². The number of nitriles is 1. The summed E-state index contributed by atoms with van der Waals surface area (Å²) in [5.74, 6) is -2.94. The molecular weight excluding hydrogens is 306 g/mol.